The molecule has 3 rings (SSSR count). The van der Waals surface area contributed by atoms with Gasteiger partial charge < -0.3 is 0 Å². The van der Waals surface area contributed by atoms with Crippen LogP contribution >= 0.6 is 0 Å². The molecule has 30 heavy (non-hydrogen) atoms. The van der Waals surface area contributed by atoms with Gasteiger partial charge in [-0.1, -0.05) is 94.1 Å². The predicted molar refractivity (Wildman–Crippen MR) is 130 cm³/mol. The molecule has 2 aromatic carbocycles. The molecule has 0 radical (unpaired) electrons. The first kappa shape index (κ1) is 22.3. The largest absolute Gasteiger partial charge is 0.256 e. The predicted octanol–water partition coefficient (Wildman–Crippen LogP) is 8.00. The fraction of sp³-hybridized carbons (Fsp3) is 0.414. The van der Waals surface area contributed by atoms with Crippen LogP contribution in [0.5, 0.6) is 0 Å². The molecule has 0 atom stereocenters. The number of nitrogens with zero attached hydrogens (tertiary/aromatic N) is 1. The van der Waals surface area contributed by atoms with Crippen LogP contribution in [0.4, 0.5) is 0 Å². The molecule has 158 valence electrons. The van der Waals surface area contributed by atoms with Crippen LogP contribution in [0.25, 0.3) is 11.3 Å². The summed E-state index contributed by atoms with van der Waals surface area (Å²) in [6.45, 7) is 4.51. The van der Waals surface area contributed by atoms with Crippen LogP contribution in [0.1, 0.15) is 74.6 Å². The van der Waals surface area contributed by atoms with E-state index in [0.29, 0.717) is 0 Å². The van der Waals surface area contributed by atoms with Crippen molar-refractivity contribution >= 4 is 0 Å². The Morgan fingerprint density at radius 2 is 0.967 bits per heavy atom. The molecular weight excluding hydrogens is 362 g/mol. The first-order valence-corrected chi connectivity index (χ1v) is 11.9. The van der Waals surface area contributed by atoms with Gasteiger partial charge in [-0.15, -0.1) is 0 Å². The highest BCUT2D eigenvalue weighted by molar-refractivity contribution is 5.59. The van der Waals surface area contributed by atoms with Crippen molar-refractivity contribution in [3.8, 4) is 11.3 Å². The quantitative estimate of drug-likeness (QED) is 0.281. The van der Waals surface area contributed by atoms with E-state index < -0.39 is 0 Å². The number of unbranched alkanes of at least 4 members (excludes halogenated alkanes) is 4. The van der Waals surface area contributed by atoms with Crippen molar-refractivity contribution < 1.29 is 0 Å². The standard InChI is InChI=1S/C29H37N/c1-3-5-7-9-24-11-13-26(14-12-24)15-16-27-19-22-29(30-23-27)28-20-17-25(18-21-28)10-8-6-4-2/h11-14,17-23H,3-10,15-16H2,1-2H3. The molecule has 0 N–H and O–H groups in total. The summed E-state index contributed by atoms with van der Waals surface area (Å²) in [5, 5.41) is 0. The SMILES string of the molecule is CCCCCc1ccc(CCc2ccc(-c3ccc(CCCCC)cc3)nc2)cc1. The van der Waals surface area contributed by atoms with Crippen molar-refractivity contribution in [3.05, 3.63) is 89.1 Å². The average molecular weight is 400 g/mol. The Hall–Kier alpha value is -2.41. The van der Waals surface area contributed by atoms with Crippen molar-refractivity contribution in [1.29, 1.82) is 0 Å². The summed E-state index contributed by atoms with van der Waals surface area (Å²) in [6, 6.07) is 22.5. The van der Waals surface area contributed by atoms with E-state index in [4.69, 9.17) is 4.98 Å². The molecule has 0 unspecified atom stereocenters. The lowest BCUT2D eigenvalue weighted by molar-refractivity contribution is 0.717. The molecule has 1 nitrogen and oxygen atoms in total. The van der Waals surface area contributed by atoms with Gasteiger partial charge in [0.25, 0.3) is 0 Å². The lowest BCUT2D eigenvalue weighted by Crippen LogP contribution is -1.94. The number of hydrogen-bond acceptors (Lipinski definition) is 1. The third kappa shape index (κ3) is 7.13. The molecule has 0 saturated heterocycles. The van der Waals surface area contributed by atoms with Crippen LogP contribution in [-0.2, 0) is 25.7 Å². The maximum Gasteiger partial charge on any atom is 0.0702 e. The van der Waals surface area contributed by atoms with E-state index in [1.165, 1.54) is 79.2 Å². The van der Waals surface area contributed by atoms with Crippen LogP contribution in [0, 0.1) is 0 Å². The van der Waals surface area contributed by atoms with Gasteiger partial charge in [0.1, 0.15) is 0 Å². The number of aromatic nitrogens is 1. The van der Waals surface area contributed by atoms with E-state index in [2.05, 4.69) is 74.5 Å². The van der Waals surface area contributed by atoms with Gasteiger partial charge in [-0.25, -0.2) is 0 Å². The third-order valence-corrected chi connectivity index (χ3v) is 5.94. The molecule has 0 amide bonds. The second kappa shape index (κ2) is 12.3. The van der Waals surface area contributed by atoms with Gasteiger partial charge in [-0.3, -0.25) is 4.98 Å². The Morgan fingerprint density at radius 3 is 1.47 bits per heavy atom. The van der Waals surface area contributed by atoms with E-state index in [1.807, 2.05) is 6.20 Å². The second-order valence-electron chi connectivity index (χ2n) is 8.48. The molecule has 1 aromatic heterocycles. The Labute approximate surface area is 183 Å². The molecule has 0 saturated carbocycles. The summed E-state index contributed by atoms with van der Waals surface area (Å²) in [7, 11) is 0. The highest BCUT2D eigenvalue weighted by Crippen LogP contribution is 2.19. The highest BCUT2D eigenvalue weighted by atomic mass is 14.7. The van der Waals surface area contributed by atoms with Gasteiger partial charge in [-0.2, -0.15) is 0 Å². The molecule has 1 heterocycles. The van der Waals surface area contributed by atoms with Crippen molar-refractivity contribution in [3.63, 3.8) is 0 Å². The Bertz CT molecular complexity index is 844. The minimum atomic E-state index is 1.04. The summed E-state index contributed by atoms with van der Waals surface area (Å²) in [6.07, 6.45) is 14.3. The van der Waals surface area contributed by atoms with E-state index >= 15 is 0 Å². The molecule has 1 heteroatoms. The minimum absolute atomic E-state index is 1.04. The number of pyridine rings is 1. The van der Waals surface area contributed by atoms with Crippen LogP contribution in [0.2, 0.25) is 0 Å². The van der Waals surface area contributed by atoms with Crippen LogP contribution in [0.3, 0.4) is 0 Å². The number of aryl methyl sites for hydroxylation is 4. The van der Waals surface area contributed by atoms with Crippen LogP contribution in [0.15, 0.2) is 66.9 Å². The Morgan fingerprint density at radius 1 is 0.500 bits per heavy atom. The second-order valence-corrected chi connectivity index (χ2v) is 8.48. The number of rotatable bonds is 12. The van der Waals surface area contributed by atoms with Gasteiger partial charge in [0.15, 0.2) is 0 Å². The van der Waals surface area contributed by atoms with Gasteiger partial charge >= 0.3 is 0 Å². The molecule has 0 spiro atoms. The van der Waals surface area contributed by atoms with Crippen molar-refractivity contribution in [2.45, 2.75) is 78.1 Å². The summed E-state index contributed by atoms with van der Waals surface area (Å²) < 4.78 is 0. The average Bonchev–Trinajstić information content (AvgIpc) is 2.80. The van der Waals surface area contributed by atoms with Crippen LogP contribution in [-0.4, -0.2) is 4.98 Å². The molecule has 0 aliphatic rings. The zero-order valence-corrected chi connectivity index (χ0v) is 18.9. The zero-order chi connectivity index (χ0) is 21.0. The summed E-state index contributed by atoms with van der Waals surface area (Å²) in [5.41, 5.74) is 7.89. The van der Waals surface area contributed by atoms with Gasteiger partial charge in [0.05, 0.1) is 5.69 Å². The zero-order valence-electron chi connectivity index (χ0n) is 18.9. The van der Waals surface area contributed by atoms with E-state index in [1.54, 1.807) is 0 Å². The molecule has 0 bridgehead atoms. The topological polar surface area (TPSA) is 12.9 Å². The molecule has 3 aromatic rings. The normalized spacial score (nSPS) is 11.0. The lowest BCUT2D eigenvalue weighted by Gasteiger charge is -2.07. The first-order valence-electron chi connectivity index (χ1n) is 11.9. The molecular formula is C29H37N. The number of hydrogen-bond donors (Lipinski definition) is 0. The van der Waals surface area contributed by atoms with Crippen molar-refractivity contribution in [2.24, 2.45) is 0 Å². The van der Waals surface area contributed by atoms with Crippen molar-refractivity contribution in [2.75, 3.05) is 0 Å². The highest BCUT2D eigenvalue weighted by Gasteiger charge is 2.02. The summed E-state index contributed by atoms with van der Waals surface area (Å²) >= 11 is 0. The van der Waals surface area contributed by atoms with E-state index in [9.17, 15) is 0 Å². The van der Waals surface area contributed by atoms with Crippen LogP contribution < -0.4 is 0 Å². The van der Waals surface area contributed by atoms with Gasteiger partial charge in [-0.05, 0) is 66.8 Å². The summed E-state index contributed by atoms with van der Waals surface area (Å²) in [4.78, 5) is 4.72. The fourth-order valence-electron chi connectivity index (χ4n) is 3.90. The fourth-order valence-corrected chi connectivity index (χ4v) is 3.90. The van der Waals surface area contributed by atoms with E-state index in [0.717, 1.165) is 18.5 Å². The van der Waals surface area contributed by atoms with Gasteiger partial charge in [0.2, 0.25) is 0 Å². The monoisotopic (exact) mass is 399 g/mol. The lowest BCUT2D eigenvalue weighted by atomic mass is 10.0. The van der Waals surface area contributed by atoms with Gasteiger partial charge in [0, 0.05) is 11.8 Å². The molecule has 0 aliphatic heterocycles. The molecule has 0 fully saturated rings. The first-order chi connectivity index (χ1) is 14.8. The maximum atomic E-state index is 4.72. The Balaban J connectivity index is 1.49. The third-order valence-electron chi connectivity index (χ3n) is 5.94. The summed E-state index contributed by atoms with van der Waals surface area (Å²) in [5.74, 6) is 0. The van der Waals surface area contributed by atoms with E-state index in [-0.39, 0.29) is 0 Å². The Kier molecular flexibility index (Phi) is 9.15. The van der Waals surface area contributed by atoms with Crippen molar-refractivity contribution in [1.82, 2.24) is 4.98 Å². The maximum absolute atomic E-state index is 4.72. The smallest absolute Gasteiger partial charge is 0.0702 e. The molecule has 0 aliphatic carbocycles. The number of benzene rings is 2. The minimum Gasteiger partial charge on any atom is -0.256 e.